The fourth-order valence-corrected chi connectivity index (χ4v) is 2.59. The molecule has 0 spiro atoms. The number of piperidine rings is 1. The topological polar surface area (TPSA) is 58.6 Å². The average molecular weight is 277 g/mol. The Morgan fingerprint density at radius 2 is 2.30 bits per heavy atom. The van der Waals surface area contributed by atoms with Crippen LogP contribution in [0.15, 0.2) is 24.3 Å². The molecule has 1 heterocycles. The fourth-order valence-electron chi connectivity index (χ4n) is 2.59. The van der Waals surface area contributed by atoms with E-state index < -0.39 is 0 Å². The van der Waals surface area contributed by atoms with Crippen LogP contribution in [0.2, 0.25) is 0 Å². The molecule has 0 aliphatic carbocycles. The van der Waals surface area contributed by atoms with Crippen molar-refractivity contribution in [1.29, 1.82) is 0 Å². The highest BCUT2D eigenvalue weighted by Crippen LogP contribution is 2.30. The number of aliphatic hydroxyl groups excluding tert-OH is 1. The maximum Gasteiger partial charge on any atom is 0.313 e. The van der Waals surface area contributed by atoms with E-state index in [9.17, 15) is 9.90 Å². The minimum Gasteiger partial charge on any atom is -0.426 e. The third-order valence-electron chi connectivity index (χ3n) is 3.76. The number of ether oxygens (including phenoxy) is 1. The van der Waals surface area contributed by atoms with Gasteiger partial charge in [0, 0.05) is 12.0 Å². The van der Waals surface area contributed by atoms with Crippen molar-refractivity contribution >= 4 is 5.97 Å². The molecule has 4 heteroatoms. The number of carbonyl (C=O) groups is 1. The molecule has 110 valence electrons. The van der Waals surface area contributed by atoms with E-state index in [4.69, 9.17) is 4.74 Å². The van der Waals surface area contributed by atoms with Gasteiger partial charge in [-0.2, -0.15) is 0 Å². The van der Waals surface area contributed by atoms with Gasteiger partial charge in [0.05, 0.1) is 12.5 Å². The Morgan fingerprint density at radius 1 is 1.50 bits per heavy atom. The van der Waals surface area contributed by atoms with E-state index in [-0.39, 0.29) is 30.5 Å². The Labute approximate surface area is 120 Å². The van der Waals surface area contributed by atoms with Crippen LogP contribution in [0.3, 0.4) is 0 Å². The lowest BCUT2D eigenvalue weighted by molar-refractivity contribution is -0.137. The molecule has 1 saturated heterocycles. The molecule has 0 radical (unpaired) electrons. The van der Waals surface area contributed by atoms with Gasteiger partial charge in [-0.3, -0.25) is 4.79 Å². The Kier molecular flexibility index (Phi) is 5.15. The predicted octanol–water partition coefficient (Wildman–Crippen LogP) is 2.08. The first-order valence-electron chi connectivity index (χ1n) is 7.27. The second kappa shape index (κ2) is 6.86. The number of aliphatic hydroxyl groups is 1. The quantitative estimate of drug-likeness (QED) is 0.653. The SMILES string of the molecule is CC(C)C(=O)Oc1cccc(C2CCCNC2CO)c1. The standard InChI is InChI=1S/C16H23NO3/c1-11(2)16(19)20-13-6-3-5-12(9-13)14-7-4-8-17-15(14)10-18/h3,5-6,9,11,14-15,17-18H,4,7-8,10H2,1-2H3. The molecule has 2 rings (SSSR count). The highest BCUT2D eigenvalue weighted by molar-refractivity contribution is 5.74. The minimum absolute atomic E-state index is 0.0831. The van der Waals surface area contributed by atoms with Gasteiger partial charge >= 0.3 is 5.97 Å². The zero-order valence-electron chi connectivity index (χ0n) is 12.1. The van der Waals surface area contributed by atoms with Crippen LogP contribution in [0.1, 0.15) is 38.2 Å². The summed E-state index contributed by atoms with van der Waals surface area (Å²) < 4.78 is 5.35. The van der Waals surface area contributed by atoms with Crippen molar-refractivity contribution in [3.63, 3.8) is 0 Å². The molecule has 2 N–H and O–H groups in total. The van der Waals surface area contributed by atoms with Crippen LogP contribution >= 0.6 is 0 Å². The van der Waals surface area contributed by atoms with Gasteiger partial charge in [-0.15, -0.1) is 0 Å². The summed E-state index contributed by atoms with van der Waals surface area (Å²) in [6.45, 7) is 4.71. The Hall–Kier alpha value is -1.39. The van der Waals surface area contributed by atoms with Crippen molar-refractivity contribution in [3.8, 4) is 5.75 Å². The van der Waals surface area contributed by atoms with Gasteiger partial charge in [-0.25, -0.2) is 0 Å². The Bertz CT molecular complexity index is 459. The summed E-state index contributed by atoms with van der Waals surface area (Å²) in [6, 6.07) is 7.74. The third kappa shape index (κ3) is 3.58. The fraction of sp³-hybridized carbons (Fsp3) is 0.562. The number of hydrogen-bond donors (Lipinski definition) is 2. The summed E-state index contributed by atoms with van der Waals surface area (Å²) in [5.41, 5.74) is 1.12. The summed E-state index contributed by atoms with van der Waals surface area (Å²) in [5.74, 6) is 0.498. The normalized spacial score (nSPS) is 22.8. The van der Waals surface area contributed by atoms with Crippen LogP contribution in [0.25, 0.3) is 0 Å². The van der Waals surface area contributed by atoms with Crippen LogP contribution in [-0.2, 0) is 4.79 Å². The Morgan fingerprint density at radius 3 is 3.00 bits per heavy atom. The minimum atomic E-state index is -0.220. The van der Waals surface area contributed by atoms with Crippen molar-refractivity contribution < 1.29 is 14.6 Å². The lowest BCUT2D eigenvalue weighted by Gasteiger charge is -2.31. The van der Waals surface area contributed by atoms with Crippen molar-refractivity contribution in [1.82, 2.24) is 5.32 Å². The number of hydrogen-bond acceptors (Lipinski definition) is 4. The largest absolute Gasteiger partial charge is 0.426 e. The number of rotatable bonds is 4. The molecule has 20 heavy (non-hydrogen) atoms. The van der Waals surface area contributed by atoms with Crippen molar-refractivity contribution in [2.24, 2.45) is 5.92 Å². The molecule has 4 nitrogen and oxygen atoms in total. The van der Waals surface area contributed by atoms with Gasteiger partial charge in [-0.1, -0.05) is 26.0 Å². The van der Waals surface area contributed by atoms with Gasteiger partial charge in [0.1, 0.15) is 5.75 Å². The van der Waals surface area contributed by atoms with E-state index in [0.29, 0.717) is 5.75 Å². The summed E-state index contributed by atoms with van der Waals surface area (Å²) in [4.78, 5) is 11.6. The lowest BCUT2D eigenvalue weighted by Crippen LogP contribution is -2.42. The molecule has 0 amide bonds. The van der Waals surface area contributed by atoms with E-state index in [1.807, 2.05) is 32.0 Å². The molecule has 1 aromatic rings. The molecule has 0 bridgehead atoms. The van der Waals surface area contributed by atoms with Gasteiger partial charge in [-0.05, 0) is 37.1 Å². The number of benzene rings is 1. The molecule has 2 atom stereocenters. The Balaban J connectivity index is 2.14. The van der Waals surface area contributed by atoms with E-state index in [0.717, 1.165) is 24.9 Å². The molecule has 2 unspecified atom stereocenters. The highest BCUT2D eigenvalue weighted by atomic mass is 16.5. The van der Waals surface area contributed by atoms with E-state index >= 15 is 0 Å². The highest BCUT2D eigenvalue weighted by Gasteiger charge is 2.25. The monoisotopic (exact) mass is 277 g/mol. The van der Waals surface area contributed by atoms with Gasteiger partial charge < -0.3 is 15.2 Å². The summed E-state index contributed by atoms with van der Waals surface area (Å²) in [6.07, 6.45) is 2.14. The zero-order chi connectivity index (χ0) is 14.5. The number of carbonyl (C=O) groups excluding carboxylic acids is 1. The zero-order valence-corrected chi connectivity index (χ0v) is 12.1. The van der Waals surface area contributed by atoms with E-state index in [1.165, 1.54) is 0 Å². The molecule has 1 aliphatic rings. The van der Waals surface area contributed by atoms with Crippen LogP contribution in [0.5, 0.6) is 5.75 Å². The molecular formula is C16H23NO3. The average Bonchev–Trinajstić information content (AvgIpc) is 2.47. The van der Waals surface area contributed by atoms with Crippen molar-refractivity contribution in [2.75, 3.05) is 13.2 Å². The van der Waals surface area contributed by atoms with Crippen LogP contribution in [0, 0.1) is 5.92 Å². The van der Waals surface area contributed by atoms with E-state index in [1.54, 1.807) is 6.07 Å². The maximum absolute atomic E-state index is 11.6. The first-order chi connectivity index (χ1) is 9.61. The summed E-state index contributed by atoms with van der Waals surface area (Å²) in [7, 11) is 0. The molecule has 1 fully saturated rings. The van der Waals surface area contributed by atoms with Gasteiger partial charge in [0.2, 0.25) is 0 Å². The second-order valence-electron chi connectivity index (χ2n) is 5.64. The number of esters is 1. The third-order valence-corrected chi connectivity index (χ3v) is 3.76. The maximum atomic E-state index is 11.6. The van der Waals surface area contributed by atoms with Crippen molar-refractivity contribution in [3.05, 3.63) is 29.8 Å². The number of nitrogens with one attached hydrogen (secondary N) is 1. The lowest BCUT2D eigenvalue weighted by atomic mass is 9.85. The predicted molar refractivity (Wildman–Crippen MR) is 77.8 cm³/mol. The van der Waals surface area contributed by atoms with Crippen LogP contribution in [-0.4, -0.2) is 30.3 Å². The van der Waals surface area contributed by atoms with Crippen molar-refractivity contribution in [2.45, 2.75) is 38.6 Å². The van der Waals surface area contributed by atoms with Gasteiger partial charge in [0.25, 0.3) is 0 Å². The van der Waals surface area contributed by atoms with E-state index in [2.05, 4.69) is 5.32 Å². The molecule has 0 aromatic heterocycles. The molecular weight excluding hydrogens is 254 g/mol. The summed E-state index contributed by atoms with van der Waals surface area (Å²) in [5, 5.41) is 12.8. The smallest absolute Gasteiger partial charge is 0.313 e. The molecule has 1 aliphatic heterocycles. The molecule has 1 aromatic carbocycles. The first-order valence-corrected chi connectivity index (χ1v) is 7.27. The molecule has 0 saturated carbocycles. The van der Waals surface area contributed by atoms with Crippen LogP contribution < -0.4 is 10.1 Å². The second-order valence-corrected chi connectivity index (χ2v) is 5.64. The first kappa shape index (κ1) is 15.0. The van der Waals surface area contributed by atoms with Crippen LogP contribution in [0.4, 0.5) is 0 Å². The summed E-state index contributed by atoms with van der Waals surface area (Å²) >= 11 is 0. The van der Waals surface area contributed by atoms with Gasteiger partial charge in [0.15, 0.2) is 0 Å².